The molecular weight excluding hydrogens is 788 g/mol. The lowest BCUT2D eigenvalue weighted by molar-refractivity contribution is -0.325. The summed E-state index contributed by atoms with van der Waals surface area (Å²) in [6.07, 6.45) is -11.9. The van der Waals surface area contributed by atoms with Crippen molar-refractivity contribution in [1.29, 1.82) is 0 Å². The second kappa shape index (κ2) is 19.4. The van der Waals surface area contributed by atoms with Gasteiger partial charge in [0.1, 0.15) is 30.5 Å². The average Bonchev–Trinajstić information content (AvgIpc) is 3.95. The van der Waals surface area contributed by atoms with Crippen LogP contribution in [0.1, 0.15) is 62.0 Å². The average molecular weight is 849 g/mol. The third-order valence-corrected chi connectivity index (χ3v) is 12.7. The van der Waals surface area contributed by atoms with Crippen molar-refractivity contribution in [2.24, 2.45) is 0 Å². The lowest BCUT2D eigenvalue weighted by atomic mass is 9.97. The van der Waals surface area contributed by atoms with E-state index in [0.717, 1.165) is 11.8 Å². The summed E-state index contributed by atoms with van der Waals surface area (Å²) in [5.74, 6) is 0.433. The van der Waals surface area contributed by atoms with E-state index < -0.39 is 96.7 Å². The van der Waals surface area contributed by atoms with Crippen LogP contribution in [0.2, 0.25) is 0 Å². The van der Waals surface area contributed by atoms with Gasteiger partial charge in [0, 0.05) is 33.1 Å². The van der Waals surface area contributed by atoms with Crippen molar-refractivity contribution in [3.05, 3.63) is 16.7 Å². The van der Waals surface area contributed by atoms with Crippen molar-refractivity contribution in [3.8, 4) is 17.2 Å². The smallest absolute Gasteiger partial charge is 0.231 e. The zero-order valence-corrected chi connectivity index (χ0v) is 35.3. The van der Waals surface area contributed by atoms with Gasteiger partial charge in [-0.1, -0.05) is 25.6 Å². The number of methoxy groups -OCH3 is 4. The third kappa shape index (κ3) is 9.57. The van der Waals surface area contributed by atoms with E-state index in [2.05, 4.69) is 10.8 Å². The Balaban J connectivity index is 1.07. The predicted octanol–water partition coefficient (Wildman–Crippen LogP) is 0.395. The van der Waals surface area contributed by atoms with E-state index in [4.69, 9.17) is 56.9 Å². The Bertz CT molecular complexity index is 1550. The number of hydrogen-bond donors (Lipinski definition) is 6. The van der Waals surface area contributed by atoms with Crippen LogP contribution in [0.3, 0.4) is 0 Å². The molecule has 5 aliphatic heterocycles. The Labute approximate surface area is 342 Å². The van der Waals surface area contributed by atoms with E-state index in [1.165, 1.54) is 21.3 Å². The fraction of sp³-hybridized carbons (Fsp3) is 0.816. The number of nitrogens with one attached hydrogen (secondary N) is 2. The maximum absolute atomic E-state index is 14.1. The normalized spacial score (nSPS) is 40.2. The van der Waals surface area contributed by atoms with Crippen LogP contribution >= 0.6 is 11.8 Å². The van der Waals surface area contributed by atoms with Crippen LogP contribution in [0.15, 0.2) is 0 Å². The highest BCUT2D eigenvalue weighted by Crippen LogP contribution is 2.49. The molecule has 0 saturated carbocycles. The molecule has 0 amide bonds. The van der Waals surface area contributed by atoms with E-state index in [1.54, 1.807) is 34.8 Å². The van der Waals surface area contributed by atoms with Gasteiger partial charge in [0.15, 0.2) is 36.7 Å². The first-order chi connectivity index (χ1) is 27.6. The summed E-state index contributed by atoms with van der Waals surface area (Å²) in [5, 5.41) is 46.6. The van der Waals surface area contributed by atoms with Crippen molar-refractivity contribution in [2.75, 3.05) is 35.0 Å². The van der Waals surface area contributed by atoms with E-state index in [1.807, 2.05) is 13.8 Å². The van der Waals surface area contributed by atoms with Gasteiger partial charge in [0.25, 0.3) is 0 Å². The van der Waals surface area contributed by atoms with Gasteiger partial charge in [-0.05, 0) is 38.8 Å². The lowest BCUT2D eigenvalue weighted by Gasteiger charge is -2.45. The highest BCUT2D eigenvalue weighted by molar-refractivity contribution is 8.14. The Hall–Kier alpha value is -1.96. The first-order valence-electron chi connectivity index (χ1n) is 19.6. The van der Waals surface area contributed by atoms with E-state index in [0.29, 0.717) is 24.2 Å². The van der Waals surface area contributed by atoms with E-state index >= 15 is 0 Å². The Morgan fingerprint density at radius 3 is 2.19 bits per heavy atom. The van der Waals surface area contributed by atoms with Crippen molar-refractivity contribution >= 4 is 16.9 Å². The molecule has 19 nitrogen and oxygen atoms in total. The summed E-state index contributed by atoms with van der Waals surface area (Å²) in [7, 11) is 5.88. The predicted molar refractivity (Wildman–Crippen MR) is 203 cm³/mol. The summed E-state index contributed by atoms with van der Waals surface area (Å²) >= 11 is 0.890. The van der Waals surface area contributed by atoms with Crippen LogP contribution in [-0.4, -0.2) is 170 Å². The minimum atomic E-state index is -1.44. The summed E-state index contributed by atoms with van der Waals surface area (Å²) in [5.41, 5.74) is 4.08. The number of hydroxylamine groups is 1. The molecule has 0 spiro atoms. The van der Waals surface area contributed by atoms with Gasteiger partial charge in [-0.2, -0.15) is 5.48 Å². The van der Waals surface area contributed by atoms with Crippen LogP contribution in [0, 0.1) is 13.8 Å². The molecule has 5 saturated heterocycles. The SMILES string of the molecule is COc1c(OC2OC3OC3C(OC)C2O)c(C)c(C)c(C(=O)SC2C(O)CC(ONC3C(C)OC(O)C(OC4CC(OC)C(NC(C)C)CO4)C3O)OC2C)c1OC. The maximum atomic E-state index is 14.1. The van der Waals surface area contributed by atoms with Crippen LogP contribution in [0.5, 0.6) is 17.2 Å². The highest BCUT2D eigenvalue weighted by atomic mass is 32.2. The zero-order chi connectivity index (χ0) is 42.2. The van der Waals surface area contributed by atoms with E-state index in [9.17, 15) is 25.2 Å². The molecule has 17 unspecified atom stereocenters. The minimum absolute atomic E-state index is 0.0220. The van der Waals surface area contributed by atoms with Crippen LogP contribution < -0.4 is 25.0 Å². The minimum Gasteiger partial charge on any atom is -0.492 e. The van der Waals surface area contributed by atoms with Gasteiger partial charge in [0.05, 0.1) is 68.1 Å². The standard InChI is InChI=1S/C38H60N2O17S/c1-14(2)39-19-13-50-22(12-21(19)46-7)53-31-26(42)25(17(5)52-35(31)44)40-57-23-11-20(41)34(18(6)51-23)58-36(45)24-15(3)16(4)28(32(49-10)29(24)47-8)54-37-27(43)30(48-9)33-38(55-33)56-37/h14,17-23,25-27,30-31,33-35,37-44H,11-13H2,1-10H3. The van der Waals surface area contributed by atoms with Crippen molar-refractivity contribution in [2.45, 2.75) is 164 Å². The highest BCUT2D eigenvalue weighted by Gasteiger charge is 2.58. The monoisotopic (exact) mass is 848 g/mol. The fourth-order valence-corrected chi connectivity index (χ4v) is 9.12. The zero-order valence-electron chi connectivity index (χ0n) is 34.5. The van der Waals surface area contributed by atoms with Crippen molar-refractivity contribution in [1.82, 2.24) is 10.8 Å². The Morgan fingerprint density at radius 2 is 1.55 bits per heavy atom. The molecule has 5 fully saturated rings. The van der Waals surface area contributed by atoms with Gasteiger partial charge in [0.2, 0.25) is 17.2 Å². The molecule has 0 aliphatic carbocycles. The molecule has 5 heterocycles. The van der Waals surface area contributed by atoms with Gasteiger partial charge in [-0.15, -0.1) is 0 Å². The van der Waals surface area contributed by atoms with Gasteiger partial charge in [-0.25, -0.2) is 0 Å². The van der Waals surface area contributed by atoms with Crippen LogP contribution in [0.4, 0.5) is 0 Å². The number of rotatable bonds is 15. The first kappa shape index (κ1) is 45.6. The summed E-state index contributed by atoms with van der Waals surface area (Å²) in [6, 6.07) is -0.702. The number of carbonyl (C=O) groups excluding carboxylic acids is 1. The molecule has 0 bridgehead atoms. The van der Waals surface area contributed by atoms with Crippen molar-refractivity contribution < 1.29 is 82.2 Å². The molecule has 0 aromatic heterocycles. The number of ether oxygens (including phenoxy) is 11. The fourth-order valence-electron chi connectivity index (χ4n) is 7.99. The summed E-state index contributed by atoms with van der Waals surface area (Å²) < 4.78 is 63.6. The Morgan fingerprint density at radius 1 is 0.828 bits per heavy atom. The molecule has 6 N–H and O–H groups in total. The van der Waals surface area contributed by atoms with E-state index in [-0.39, 0.29) is 47.4 Å². The summed E-state index contributed by atoms with van der Waals surface area (Å²) in [4.78, 5) is 19.9. The molecule has 6 rings (SSSR count). The number of aliphatic hydroxyl groups is 4. The Kier molecular flexibility index (Phi) is 15.2. The maximum Gasteiger partial charge on any atom is 0.231 e. The molecule has 1 aromatic rings. The number of benzene rings is 1. The molecule has 1 aromatic carbocycles. The summed E-state index contributed by atoms with van der Waals surface area (Å²) in [6.45, 7) is 11.2. The van der Waals surface area contributed by atoms with Gasteiger partial charge >= 0.3 is 0 Å². The van der Waals surface area contributed by atoms with Crippen LogP contribution in [-0.2, 0) is 42.7 Å². The molecule has 330 valence electrons. The first-order valence-corrected chi connectivity index (χ1v) is 20.5. The number of carbonyl (C=O) groups is 1. The molecular formula is C38H60N2O17S. The van der Waals surface area contributed by atoms with Gasteiger partial charge in [-0.3, -0.25) is 9.63 Å². The second-order valence-electron chi connectivity index (χ2n) is 15.5. The number of fused-ring (bicyclic) bond motifs is 1. The molecule has 20 heteroatoms. The quantitative estimate of drug-likeness (QED) is 0.103. The molecule has 17 atom stereocenters. The largest absolute Gasteiger partial charge is 0.492 e. The number of hydrogen-bond acceptors (Lipinski definition) is 20. The number of epoxide rings is 1. The lowest BCUT2D eigenvalue weighted by Crippen LogP contribution is -2.64. The molecule has 0 radical (unpaired) electrons. The third-order valence-electron chi connectivity index (χ3n) is 11.3. The van der Waals surface area contributed by atoms with Gasteiger partial charge < -0.3 is 77.8 Å². The second-order valence-corrected chi connectivity index (χ2v) is 16.7. The molecule has 5 aliphatic rings. The van der Waals surface area contributed by atoms with Crippen molar-refractivity contribution in [3.63, 3.8) is 0 Å². The van der Waals surface area contributed by atoms with Crippen LogP contribution in [0.25, 0.3) is 0 Å². The molecule has 58 heavy (non-hydrogen) atoms. The number of aliphatic hydroxyl groups excluding tert-OH is 4. The number of thioether (sulfide) groups is 1. The topological polar surface area (TPSA) is 236 Å².